The highest BCUT2D eigenvalue weighted by atomic mass is 16.1. The molecule has 0 radical (unpaired) electrons. The second kappa shape index (κ2) is 1.46. The Kier molecular flexibility index (Phi) is 0.663. The lowest BCUT2D eigenvalue weighted by molar-refractivity contribution is -0.145. The monoisotopic (exact) mass is 200 g/mol. The minimum absolute atomic E-state index is 0.218. The van der Waals surface area contributed by atoms with Crippen molar-refractivity contribution < 1.29 is 9.59 Å². The van der Waals surface area contributed by atoms with Gasteiger partial charge in [-0.3, -0.25) is 9.59 Å². The van der Waals surface area contributed by atoms with Crippen molar-refractivity contribution in [2.45, 2.75) is 12.8 Å². The zero-order chi connectivity index (χ0) is 9.69. The first-order chi connectivity index (χ1) is 7.27. The summed E-state index contributed by atoms with van der Waals surface area (Å²) in [5.41, 5.74) is 0.524. The summed E-state index contributed by atoms with van der Waals surface area (Å²) in [5, 5.41) is 0. The SMILES string of the molecule is O=C1[C@@H]2[C@@H]3C(=O)[C@@H]4[C@H]1[C@@H]1[C@@H]4[C@@H]3C3(CC3)[C@@H]21. The molecule has 1 spiro atoms. The molecule has 0 aromatic carbocycles. The maximum Gasteiger partial charge on any atom is 0.141 e. The molecule has 0 heterocycles. The van der Waals surface area contributed by atoms with Crippen LogP contribution in [0.2, 0.25) is 0 Å². The van der Waals surface area contributed by atoms with E-state index in [0.717, 1.165) is 0 Å². The topological polar surface area (TPSA) is 34.1 Å². The van der Waals surface area contributed by atoms with Gasteiger partial charge in [0.1, 0.15) is 11.6 Å². The van der Waals surface area contributed by atoms with Gasteiger partial charge in [-0.2, -0.15) is 0 Å². The van der Waals surface area contributed by atoms with Crippen LogP contribution in [-0.2, 0) is 9.59 Å². The van der Waals surface area contributed by atoms with Gasteiger partial charge in [-0.25, -0.2) is 0 Å². The lowest BCUT2D eigenvalue weighted by Gasteiger charge is -2.42. The summed E-state index contributed by atoms with van der Waals surface area (Å²) in [6.45, 7) is 0. The second-order valence-electron chi connectivity index (χ2n) is 6.85. The maximum atomic E-state index is 12.2. The molecule has 6 fully saturated rings. The number of carbonyl (C=O) groups is 2. The average molecular weight is 200 g/mol. The molecule has 8 atom stereocenters. The molecule has 2 bridgehead atoms. The molecule has 6 aliphatic rings. The third kappa shape index (κ3) is 0.367. The van der Waals surface area contributed by atoms with Crippen molar-refractivity contribution in [2.24, 2.45) is 52.8 Å². The Bertz CT molecular complexity index is 435. The highest BCUT2D eigenvalue weighted by Gasteiger charge is 2.92. The van der Waals surface area contributed by atoms with Crippen LogP contribution >= 0.6 is 0 Å². The van der Waals surface area contributed by atoms with Gasteiger partial charge in [0.2, 0.25) is 0 Å². The largest absolute Gasteiger partial charge is 0.299 e. The second-order valence-corrected chi connectivity index (χ2v) is 6.85. The van der Waals surface area contributed by atoms with Gasteiger partial charge < -0.3 is 0 Å². The molecule has 0 aliphatic heterocycles. The van der Waals surface area contributed by atoms with Crippen LogP contribution in [0, 0.1) is 52.8 Å². The van der Waals surface area contributed by atoms with Gasteiger partial charge in [0.05, 0.1) is 0 Å². The van der Waals surface area contributed by atoms with Crippen LogP contribution in [0.3, 0.4) is 0 Å². The van der Waals surface area contributed by atoms with Crippen molar-refractivity contribution in [2.75, 3.05) is 0 Å². The van der Waals surface area contributed by atoms with Crippen molar-refractivity contribution in [1.82, 2.24) is 0 Å². The number of carbonyl (C=O) groups excluding carboxylic acids is 2. The molecular formula is C13H12O2. The van der Waals surface area contributed by atoms with E-state index in [2.05, 4.69) is 0 Å². The molecule has 0 saturated heterocycles. The lowest BCUT2D eigenvalue weighted by atomic mass is 9.59. The maximum absolute atomic E-state index is 12.2. The minimum atomic E-state index is 0.218. The van der Waals surface area contributed by atoms with E-state index in [1.165, 1.54) is 12.8 Å². The first-order valence-electron chi connectivity index (χ1n) is 6.35. The first kappa shape index (κ1) is 6.82. The van der Waals surface area contributed by atoms with E-state index in [0.29, 0.717) is 40.7 Å². The molecular weight excluding hydrogens is 188 g/mol. The van der Waals surface area contributed by atoms with Crippen molar-refractivity contribution in [3.05, 3.63) is 0 Å². The standard InChI is InChI=1S/C13H12O2/c14-11-5-3-4-6(5)12(15)8-7(11)9(3)13(1-2-13)10(4)8/h3-10H,1-2H2/t3-,4-,5-,6+,7-,8+,9-,10+/m0/s1. The van der Waals surface area contributed by atoms with Crippen molar-refractivity contribution in [1.29, 1.82) is 0 Å². The van der Waals surface area contributed by atoms with Gasteiger partial charge >= 0.3 is 0 Å². The molecule has 76 valence electrons. The van der Waals surface area contributed by atoms with E-state index in [1.807, 2.05) is 0 Å². The summed E-state index contributed by atoms with van der Waals surface area (Å²) in [6, 6.07) is 0. The average Bonchev–Trinajstić information content (AvgIpc) is 2.81. The first-order valence-corrected chi connectivity index (χ1v) is 6.35. The fourth-order valence-electron chi connectivity index (χ4n) is 7.06. The zero-order valence-electron chi connectivity index (χ0n) is 8.35. The normalized spacial score (nSPS) is 72.3. The summed E-state index contributed by atoms with van der Waals surface area (Å²) in [6.07, 6.45) is 2.67. The Morgan fingerprint density at radius 3 is 1.67 bits per heavy atom. The van der Waals surface area contributed by atoms with Crippen LogP contribution in [0.25, 0.3) is 0 Å². The molecule has 0 aromatic rings. The number of hydrogen-bond donors (Lipinski definition) is 0. The van der Waals surface area contributed by atoms with Crippen LogP contribution in [0.4, 0.5) is 0 Å². The molecule has 0 amide bonds. The Balaban J connectivity index is 1.77. The van der Waals surface area contributed by atoms with Crippen molar-refractivity contribution in [3.8, 4) is 0 Å². The minimum Gasteiger partial charge on any atom is -0.299 e. The molecule has 15 heavy (non-hydrogen) atoms. The van der Waals surface area contributed by atoms with E-state index >= 15 is 0 Å². The van der Waals surface area contributed by atoms with Gasteiger partial charge in [-0.1, -0.05) is 0 Å². The quantitative estimate of drug-likeness (QED) is 0.582. The fraction of sp³-hybridized carbons (Fsp3) is 0.846. The number of Topliss-reactive ketones (excluding diaryl/α,β-unsaturated/α-hetero) is 2. The number of rotatable bonds is 0. The fourth-order valence-corrected chi connectivity index (χ4v) is 7.06. The Morgan fingerprint density at radius 1 is 0.800 bits per heavy atom. The van der Waals surface area contributed by atoms with Crippen molar-refractivity contribution >= 4 is 11.6 Å². The van der Waals surface area contributed by atoms with Crippen LogP contribution in [0.15, 0.2) is 0 Å². The lowest BCUT2D eigenvalue weighted by Crippen LogP contribution is -2.47. The van der Waals surface area contributed by atoms with Gasteiger partial charge in [0.25, 0.3) is 0 Å². The molecule has 0 unspecified atom stereocenters. The van der Waals surface area contributed by atoms with Gasteiger partial charge in [0, 0.05) is 23.7 Å². The summed E-state index contributed by atoms with van der Waals surface area (Å²) >= 11 is 0. The van der Waals surface area contributed by atoms with Crippen LogP contribution in [-0.4, -0.2) is 11.6 Å². The number of hydrogen-bond acceptors (Lipinski definition) is 2. The van der Waals surface area contributed by atoms with Crippen molar-refractivity contribution in [3.63, 3.8) is 0 Å². The molecule has 2 nitrogen and oxygen atoms in total. The van der Waals surface area contributed by atoms with Gasteiger partial charge in [-0.15, -0.1) is 0 Å². The smallest absolute Gasteiger partial charge is 0.141 e. The van der Waals surface area contributed by atoms with Gasteiger partial charge in [0.15, 0.2) is 0 Å². The van der Waals surface area contributed by atoms with Gasteiger partial charge in [-0.05, 0) is 41.9 Å². The van der Waals surface area contributed by atoms with E-state index in [4.69, 9.17) is 0 Å². The third-order valence-electron chi connectivity index (χ3n) is 7.12. The van der Waals surface area contributed by atoms with E-state index in [9.17, 15) is 9.59 Å². The van der Waals surface area contributed by atoms with E-state index in [1.54, 1.807) is 0 Å². The highest BCUT2D eigenvalue weighted by Crippen LogP contribution is 2.90. The Morgan fingerprint density at radius 2 is 1.27 bits per heavy atom. The predicted octanol–water partition coefficient (Wildman–Crippen LogP) is 0.902. The van der Waals surface area contributed by atoms with Crippen LogP contribution in [0.5, 0.6) is 0 Å². The molecule has 6 rings (SSSR count). The number of ketones is 2. The summed E-state index contributed by atoms with van der Waals surface area (Å²) in [7, 11) is 0. The van der Waals surface area contributed by atoms with Crippen LogP contribution in [0.1, 0.15) is 12.8 Å². The zero-order valence-corrected chi connectivity index (χ0v) is 8.35. The molecule has 6 saturated carbocycles. The predicted molar refractivity (Wildman–Crippen MR) is 49.6 cm³/mol. The summed E-state index contributed by atoms with van der Waals surface area (Å²) in [4.78, 5) is 24.4. The number of fused-ring (bicyclic) bond motifs is 2. The summed E-state index contributed by atoms with van der Waals surface area (Å²) < 4.78 is 0. The van der Waals surface area contributed by atoms with E-state index in [-0.39, 0.29) is 23.7 Å². The van der Waals surface area contributed by atoms with Crippen LogP contribution < -0.4 is 0 Å². The molecule has 6 aliphatic carbocycles. The molecule has 2 heteroatoms. The highest BCUT2D eigenvalue weighted by molar-refractivity contribution is 6.07. The summed E-state index contributed by atoms with van der Waals surface area (Å²) in [5.74, 6) is 4.63. The molecule has 0 N–H and O–H groups in total. The Hall–Kier alpha value is -0.660. The van der Waals surface area contributed by atoms with E-state index < -0.39 is 0 Å². The third-order valence-corrected chi connectivity index (χ3v) is 7.12. The molecule has 0 aromatic heterocycles. The Labute approximate surface area is 87.4 Å².